The molecule has 3 aromatic carbocycles. The number of amides is 1. The van der Waals surface area contributed by atoms with Crippen LogP contribution in [0.5, 0.6) is 0 Å². The van der Waals surface area contributed by atoms with Gasteiger partial charge in [-0.2, -0.15) is 13.2 Å². The van der Waals surface area contributed by atoms with Crippen LogP contribution in [-0.2, 0) is 25.8 Å². The molecule has 5 nitrogen and oxygen atoms in total. The average molecular weight is 494 g/mol. The van der Waals surface area contributed by atoms with Crippen molar-refractivity contribution in [1.82, 2.24) is 15.2 Å². The maximum atomic E-state index is 13.6. The monoisotopic (exact) mass is 493 g/mol. The van der Waals surface area contributed by atoms with E-state index in [0.29, 0.717) is 6.54 Å². The molecule has 186 valence electrons. The van der Waals surface area contributed by atoms with Crippen molar-refractivity contribution < 1.29 is 22.4 Å². The van der Waals surface area contributed by atoms with Crippen molar-refractivity contribution in [3.63, 3.8) is 0 Å². The van der Waals surface area contributed by atoms with Gasteiger partial charge in [-0.1, -0.05) is 78.9 Å². The number of oxazole rings is 1. The zero-order valence-electron chi connectivity index (χ0n) is 19.7. The Kier molecular flexibility index (Phi) is 7.85. The molecule has 1 aromatic heterocycles. The quantitative estimate of drug-likeness (QED) is 0.294. The second-order valence-corrected chi connectivity index (χ2v) is 8.52. The van der Waals surface area contributed by atoms with Crippen LogP contribution in [0.3, 0.4) is 0 Å². The summed E-state index contributed by atoms with van der Waals surface area (Å²) in [6, 6.07) is 24.2. The number of hydrogen-bond donors (Lipinski definition) is 1. The van der Waals surface area contributed by atoms with E-state index in [1.165, 1.54) is 18.4 Å². The minimum absolute atomic E-state index is 0.0273. The minimum Gasteiger partial charge on any atom is -0.447 e. The molecule has 0 aliphatic heterocycles. The molecule has 1 unspecified atom stereocenters. The molecule has 4 rings (SSSR count). The highest BCUT2D eigenvalue weighted by molar-refractivity contribution is 5.92. The van der Waals surface area contributed by atoms with Gasteiger partial charge in [0, 0.05) is 13.1 Å². The number of nitrogens with zero attached hydrogens (tertiary/aromatic N) is 2. The van der Waals surface area contributed by atoms with Crippen LogP contribution in [0, 0.1) is 0 Å². The molecule has 1 atom stereocenters. The van der Waals surface area contributed by atoms with E-state index in [-0.39, 0.29) is 36.3 Å². The van der Waals surface area contributed by atoms with Gasteiger partial charge in [0.25, 0.3) is 5.91 Å². The van der Waals surface area contributed by atoms with E-state index in [9.17, 15) is 18.0 Å². The fraction of sp³-hybridized carbons (Fsp3) is 0.214. The SMILES string of the molecule is CC(NC(=O)c1coc(CN(Cc2ccccc2)Cc2ccccc2C(F)(F)F)n1)c1ccccc1. The largest absolute Gasteiger partial charge is 0.447 e. The number of alkyl halides is 3. The van der Waals surface area contributed by atoms with Gasteiger partial charge in [-0.05, 0) is 29.7 Å². The fourth-order valence-electron chi connectivity index (χ4n) is 3.96. The first-order chi connectivity index (χ1) is 17.3. The summed E-state index contributed by atoms with van der Waals surface area (Å²) < 4.78 is 46.3. The zero-order valence-corrected chi connectivity index (χ0v) is 19.7. The van der Waals surface area contributed by atoms with Crippen LogP contribution in [0.1, 0.15) is 51.6 Å². The standard InChI is InChI=1S/C28H26F3N3O2/c1-20(22-12-6-3-7-13-22)32-27(35)25-19-36-26(33-25)18-34(16-21-10-4-2-5-11-21)17-23-14-8-9-15-24(23)28(29,30)31/h2-15,19-20H,16-18H2,1H3,(H,32,35). The third-order valence-electron chi connectivity index (χ3n) is 5.76. The molecule has 1 N–H and O–H groups in total. The highest BCUT2D eigenvalue weighted by Gasteiger charge is 2.33. The number of hydrogen-bond acceptors (Lipinski definition) is 4. The average Bonchev–Trinajstić information content (AvgIpc) is 3.33. The molecule has 4 aromatic rings. The Bertz CT molecular complexity index is 1270. The second kappa shape index (κ2) is 11.2. The Balaban J connectivity index is 1.51. The molecule has 0 fully saturated rings. The van der Waals surface area contributed by atoms with Crippen molar-refractivity contribution in [2.45, 2.75) is 38.8 Å². The number of halogens is 3. The van der Waals surface area contributed by atoms with Crippen molar-refractivity contribution in [3.05, 3.63) is 125 Å². The number of benzene rings is 3. The minimum atomic E-state index is -4.46. The molecule has 0 saturated carbocycles. The maximum Gasteiger partial charge on any atom is 0.416 e. The van der Waals surface area contributed by atoms with Crippen LogP contribution in [0.2, 0.25) is 0 Å². The van der Waals surface area contributed by atoms with Gasteiger partial charge in [0.2, 0.25) is 5.89 Å². The molecule has 0 aliphatic carbocycles. The Labute approximate surface area is 207 Å². The Morgan fingerprint density at radius 2 is 1.56 bits per heavy atom. The normalized spacial score (nSPS) is 12.5. The van der Waals surface area contributed by atoms with E-state index >= 15 is 0 Å². The first kappa shape index (κ1) is 25.2. The fourth-order valence-corrected chi connectivity index (χ4v) is 3.96. The molecule has 1 heterocycles. The molecular weight excluding hydrogens is 467 g/mol. The topological polar surface area (TPSA) is 58.4 Å². The summed E-state index contributed by atoms with van der Waals surface area (Å²) in [6.07, 6.45) is -3.19. The van der Waals surface area contributed by atoms with E-state index in [1.54, 1.807) is 11.0 Å². The maximum absolute atomic E-state index is 13.6. The van der Waals surface area contributed by atoms with Crippen LogP contribution >= 0.6 is 0 Å². The van der Waals surface area contributed by atoms with Crippen LogP contribution < -0.4 is 5.32 Å². The number of carbonyl (C=O) groups is 1. The number of rotatable bonds is 9. The van der Waals surface area contributed by atoms with Gasteiger partial charge in [-0.25, -0.2) is 4.98 Å². The lowest BCUT2D eigenvalue weighted by Crippen LogP contribution is -2.27. The van der Waals surface area contributed by atoms with E-state index in [1.807, 2.05) is 67.6 Å². The molecule has 0 radical (unpaired) electrons. The predicted octanol–water partition coefficient (Wildman–Crippen LogP) is 6.39. The summed E-state index contributed by atoms with van der Waals surface area (Å²) in [5.74, 6) is -0.147. The lowest BCUT2D eigenvalue weighted by molar-refractivity contribution is -0.138. The zero-order chi connectivity index (χ0) is 25.5. The summed E-state index contributed by atoms with van der Waals surface area (Å²) in [6.45, 7) is 2.40. The van der Waals surface area contributed by atoms with Gasteiger partial charge in [0.05, 0.1) is 18.2 Å². The summed E-state index contributed by atoms with van der Waals surface area (Å²) in [4.78, 5) is 18.8. The molecule has 0 spiro atoms. The third kappa shape index (κ3) is 6.60. The number of carbonyl (C=O) groups excluding carboxylic acids is 1. The van der Waals surface area contributed by atoms with E-state index in [0.717, 1.165) is 17.2 Å². The molecule has 1 amide bonds. The van der Waals surface area contributed by atoms with Crippen molar-refractivity contribution >= 4 is 5.91 Å². The van der Waals surface area contributed by atoms with E-state index in [2.05, 4.69) is 10.3 Å². The summed E-state index contributed by atoms with van der Waals surface area (Å²) in [5, 5.41) is 2.88. The summed E-state index contributed by atoms with van der Waals surface area (Å²) in [5.41, 5.74) is 1.48. The van der Waals surface area contributed by atoms with Gasteiger partial charge >= 0.3 is 6.18 Å². The van der Waals surface area contributed by atoms with Gasteiger partial charge < -0.3 is 9.73 Å². The molecule has 8 heteroatoms. The lowest BCUT2D eigenvalue weighted by Gasteiger charge is -2.23. The van der Waals surface area contributed by atoms with Crippen molar-refractivity contribution in [2.24, 2.45) is 0 Å². The number of aromatic nitrogens is 1. The summed E-state index contributed by atoms with van der Waals surface area (Å²) in [7, 11) is 0. The lowest BCUT2D eigenvalue weighted by atomic mass is 10.1. The van der Waals surface area contributed by atoms with Crippen LogP contribution in [0.15, 0.2) is 95.6 Å². The molecule has 0 bridgehead atoms. The highest BCUT2D eigenvalue weighted by atomic mass is 19.4. The Morgan fingerprint density at radius 1 is 0.917 bits per heavy atom. The second-order valence-electron chi connectivity index (χ2n) is 8.52. The van der Waals surface area contributed by atoms with Gasteiger partial charge in [-0.15, -0.1) is 0 Å². The van der Waals surface area contributed by atoms with Crippen LogP contribution in [-0.4, -0.2) is 15.8 Å². The van der Waals surface area contributed by atoms with Crippen molar-refractivity contribution in [2.75, 3.05) is 0 Å². The van der Waals surface area contributed by atoms with Crippen molar-refractivity contribution in [1.29, 1.82) is 0 Å². The molecule has 0 aliphatic rings. The first-order valence-electron chi connectivity index (χ1n) is 11.5. The first-order valence-corrected chi connectivity index (χ1v) is 11.5. The smallest absolute Gasteiger partial charge is 0.416 e. The predicted molar refractivity (Wildman–Crippen MR) is 130 cm³/mol. The van der Waals surface area contributed by atoms with Crippen LogP contribution in [0.4, 0.5) is 13.2 Å². The highest BCUT2D eigenvalue weighted by Crippen LogP contribution is 2.32. The van der Waals surface area contributed by atoms with Gasteiger partial charge in [0.15, 0.2) is 5.69 Å². The number of nitrogens with one attached hydrogen (secondary N) is 1. The van der Waals surface area contributed by atoms with E-state index in [4.69, 9.17) is 4.42 Å². The summed E-state index contributed by atoms with van der Waals surface area (Å²) >= 11 is 0. The van der Waals surface area contributed by atoms with Crippen LogP contribution in [0.25, 0.3) is 0 Å². The Morgan fingerprint density at radius 3 is 2.25 bits per heavy atom. The van der Waals surface area contributed by atoms with Gasteiger partial charge in [-0.3, -0.25) is 9.69 Å². The van der Waals surface area contributed by atoms with Crippen molar-refractivity contribution in [3.8, 4) is 0 Å². The van der Waals surface area contributed by atoms with Gasteiger partial charge in [0.1, 0.15) is 6.26 Å². The van der Waals surface area contributed by atoms with E-state index < -0.39 is 17.6 Å². The molecule has 0 saturated heterocycles. The third-order valence-corrected chi connectivity index (χ3v) is 5.76. The molecule has 36 heavy (non-hydrogen) atoms. The Hall–Kier alpha value is -3.91. The molecular formula is C28H26F3N3O2.